The molecule has 1 aliphatic heterocycles. The van der Waals surface area contributed by atoms with Gasteiger partial charge in [0, 0.05) is 24.7 Å². The first-order chi connectivity index (χ1) is 6.54. The molecule has 2 N–H and O–H groups in total. The van der Waals surface area contributed by atoms with Gasteiger partial charge in [-0.25, -0.2) is 0 Å². The van der Waals surface area contributed by atoms with Gasteiger partial charge in [0.25, 0.3) is 0 Å². The molecule has 0 amide bonds. The van der Waals surface area contributed by atoms with Gasteiger partial charge >= 0.3 is 0 Å². The maximum atomic E-state index is 9.00. The summed E-state index contributed by atoms with van der Waals surface area (Å²) in [6, 6.07) is 1.43. The summed E-state index contributed by atoms with van der Waals surface area (Å²) in [5, 5.41) is 12.5. The monoisotopic (exact) mass is 200 g/mol. The van der Waals surface area contributed by atoms with Crippen molar-refractivity contribution in [1.82, 2.24) is 10.2 Å². The van der Waals surface area contributed by atoms with Crippen LogP contribution in [0.2, 0.25) is 0 Å². The van der Waals surface area contributed by atoms with Crippen LogP contribution in [0.1, 0.15) is 27.2 Å². The minimum atomic E-state index is 0.220. The zero-order chi connectivity index (χ0) is 10.7. The number of aliphatic hydroxyl groups is 1. The second kappa shape index (κ2) is 5.10. The molecule has 0 saturated carbocycles. The van der Waals surface area contributed by atoms with E-state index in [1.807, 2.05) is 6.92 Å². The van der Waals surface area contributed by atoms with Crippen molar-refractivity contribution in [3.8, 4) is 0 Å². The van der Waals surface area contributed by atoms with E-state index in [2.05, 4.69) is 31.1 Å². The third-order valence-corrected chi connectivity index (χ3v) is 3.38. The quantitative estimate of drug-likeness (QED) is 0.703. The highest BCUT2D eigenvalue weighted by Crippen LogP contribution is 2.20. The van der Waals surface area contributed by atoms with Gasteiger partial charge in [-0.1, -0.05) is 6.92 Å². The Morgan fingerprint density at radius 2 is 2.14 bits per heavy atom. The first-order valence-electron chi connectivity index (χ1n) is 5.61. The molecule has 0 aliphatic carbocycles. The van der Waals surface area contributed by atoms with E-state index in [4.69, 9.17) is 5.11 Å². The standard InChI is InChI=1S/C11H24N2O/c1-8-6-13(4)10(3)5-11(8)12-9(2)7-14/h8-12,14H,5-7H2,1-4H3/t8-,9+,10-,11-/m1/s1. The van der Waals surface area contributed by atoms with E-state index < -0.39 is 0 Å². The van der Waals surface area contributed by atoms with Crippen LogP contribution in [0, 0.1) is 5.92 Å². The van der Waals surface area contributed by atoms with E-state index in [1.165, 1.54) is 6.42 Å². The van der Waals surface area contributed by atoms with E-state index in [9.17, 15) is 0 Å². The lowest BCUT2D eigenvalue weighted by atomic mass is 9.89. The summed E-state index contributed by atoms with van der Waals surface area (Å²) in [6.07, 6.45) is 1.18. The van der Waals surface area contributed by atoms with Gasteiger partial charge in [-0.05, 0) is 33.2 Å². The lowest BCUT2D eigenvalue weighted by molar-refractivity contribution is 0.109. The molecule has 4 atom stereocenters. The average molecular weight is 200 g/mol. The molecule has 1 rings (SSSR count). The smallest absolute Gasteiger partial charge is 0.0582 e. The van der Waals surface area contributed by atoms with Crippen LogP contribution in [0.15, 0.2) is 0 Å². The molecule has 3 heteroatoms. The van der Waals surface area contributed by atoms with Crippen LogP contribution in [0.25, 0.3) is 0 Å². The normalized spacial score (nSPS) is 37.1. The zero-order valence-electron chi connectivity index (χ0n) is 9.83. The van der Waals surface area contributed by atoms with Gasteiger partial charge in [0.15, 0.2) is 0 Å². The molecule has 1 heterocycles. The summed E-state index contributed by atoms with van der Waals surface area (Å²) < 4.78 is 0. The topological polar surface area (TPSA) is 35.5 Å². The highest BCUT2D eigenvalue weighted by molar-refractivity contribution is 4.87. The van der Waals surface area contributed by atoms with Crippen molar-refractivity contribution < 1.29 is 5.11 Å². The van der Waals surface area contributed by atoms with E-state index in [1.54, 1.807) is 0 Å². The van der Waals surface area contributed by atoms with E-state index in [0.717, 1.165) is 6.54 Å². The van der Waals surface area contributed by atoms with Crippen molar-refractivity contribution in [2.45, 2.75) is 45.3 Å². The van der Waals surface area contributed by atoms with Crippen molar-refractivity contribution in [3.63, 3.8) is 0 Å². The molecule has 0 aromatic rings. The number of rotatable bonds is 3. The lowest BCUT2D eigenvalue weighted by Crippen LogP contribution is -2.53. The number of hydrogen-bond acceptors (Lipinski definition) is 3. The third kappa shape index (κ3) is 2.94. The van der Waals surface area contributed by atoms with Gasteiger partial charge in [-0.15, -0.1) is 0 Å². The molecule has 1 aliphatic rings. The fourth-order valence-corrected chi connectivity index (χ4v) is 2.19. The maximum absolute atomic E-state index is 9.00. The number of hydrogen-bond donors (Lipinski definition) is 2. The summed E-state index contributed by atoms with van der Waals surface area (Å²) in [5.74, 6) is 0.671. The van der Waals surface area contributed by atoms with Gasteiger partial charge in [-0.3, -0.25) is 0 Å². The summed E-state index contributed by atoms with van der Waals surface area (Å²) in [7, 11) is 2.19. The molecule has 3 nitrogen and oxygen atoms in total. The number of nitrogens with zero attached hydrogens (tertiary/aromatic N) is 1. The van der Waals surface area contributed by atoms with Crippen LogP contribution in [-0.2, 0) is 0 Å². The van der Waals surface area contributed by atoms with E-state index >= 15 is 0 Å². The van der Waals surface area contributed by atoms with Crippen molar-refractivity contribution in [3.05, 3.63) is 0 Å². The van der Waals surface area contributed by atoms with Gasteiger partial charge in [0.05, 0.1) is 6.61 Å². The molecular formula is C11H24N2O. The number of nitrogens with one attached hydrogen (secondary N) is 1. The Morgan fingerprint density at radius 1 is 1.50 bits per heavy atom. The second-order valence-corrected chi connectivity index (χ2v) is 4.86. The maximum Gasteiger partial charge on any atom is 0.0582 e. The van der Waals surface area contributed by atoms with Crippen LogP contribution >= 0.6 is 0 Å². The third-order valence-electron chi connectivity index (χ3n) is 3.38. The SMILES string of the molecule is C[C@@H]1CN(C)[C@H](C)C[C@H]1N[C@@H](C)CO. The van der Waals surface area contributed by atoms with E-state index in [0.29, 0.717) is 18.0 Å². The summed E-state index contributed by atoms with van der Waals surface area (Å²) >= 11 is 0. The average Bonchev–Trinajstić information content (AvgIpc) is 2.14. The minimum absolute atomic E-state index is 0.220. The molecule has 1 saturated heterocycles. The molecule has 0 bridgehead atoms. The fourth-order valence-electron chi connectivity index (χ4n) is 2.19. The molecular weight excluding hydrogens is 176 g/mol. The predicted octanol–water partition coefficient (Wildman–Crippen LogP) is 0.685. The lowest BCUT2D eigenvalue weighted by Gasteiger charge is -2.41. The van der Waals surface area contributed by atoms with Crippen LogP contribution < -0.4 is 5.32 Å². The largest absolute Gasteiger partial charge is 0.395 e. The Balaban J connectivity index is 2.44. The molecule has 0 radical (unpaired) electrons. The van der Waals surface area contributed by atoms with Crippen molar-refractivity contribution >= 4 is 0 Å². The molecule has 14 heavy (non-hydrogen) atoms. The zero-order valence-corrected chi connectivity index (χ0v) is 9.83. The summed E-state index contributed by atoms with van der Waals surface area (Å²) in [5.41, 5.74) is 0. The summed E-state index contributed by atoms with van der Waals surface area (Å²) in [4.78, 5) is 2.41. The first-order valence-corrected chi connectivity index (χ1v) is 5.61. The van der Waals surface area contributed by atoms with Gasteiger partial charge in [0.1, 0.15) is 0 Å². The molecule has 1 fully saturated rings. The Labute approximate surface area is 87.5 Å². The highest BCUT2D eigenvalue weighted by Gasteiger charge is 2.29. The van der Waals surface area contributed by atoms with Crippen LogP contribution in [0.3, 0.4) is 0 Å². The highest BCUT2D eigenvalue weighted by atomic mass is 16.3. The molecule has 0 spiro atoms. The fraction of sp³-hybridized carbons (Fsp3) is 1.00. The Hall–Kier alpha value is -0.120. The van der Waals surface area contributed by atoms with Crippen LogP contribution in [-0.4, -0.2) is 48.3 Å². The van der Waals surface area contributed by atoms with Gasteiger partial charge in [0.2, 0.25) is 0 Å². The molecule has 0 aromatic carbocycles. The Kier molecular flexibility index (Phi) is 4.35. The van der Waals surface area contributed by atoms with E-state index in [-0.39, 0.29) is 12.6 Å². The summed E-state index contributed by atoms with van der Waals surface area (Å²) in [6.45, 7) is 7.97. The van der Waals surface area contributed by atoms with Crippen molar-refractivity contribution in [2.24, 2.45) is 5.92 Å². The van der Waals surface area contributed by atoms with Gasteiger partial charge < -0.3 is 15.3 Å². The Bertz CT molecular complexity index is 173. The second-order valence-electron chi connectivity index (χ2n) is 4.86. The van der Waals surface area contributed by atoms with Crippen molar-refractivity contribution in [1.29, 1.82) is 0 Å². The molecule has 0 aromatic heterocycles. The first kappa shape index (κ1) is 12.0. The number of aliphatic hydroxyl groups excluding tert-OH is 1. The minimum Gasteiger partial charge on any atom is -0.395 e. The number of piperidine rings is 1. The van der Waals surface area contributed by atoms with Crippen LogP contribution in [0.4, 0.5) is 0 Å². The molecule has 0 unspecified atom stereocenters. The predicted molar refractivity (Wildman–Crippen MR) is 59.3 cm³/mol. The Morgan fingerprint density at radius 3 is 2.71 bits per heavy atom. The van der Waals surface area contributed by atoms with Crippen LogP contribution in [0.5, 0.6) is 0 Å². The van der Waals surface area contributed by atoms with Gasteiger partial charge in [-0.2, -0.15) is 0 Å². The molecule has 84 valence electrons. The number of likely N-dealkylation sites (tertiary alicyclic amines) is 1. The van der Waals surface area contributed by atoms with Crippen molar-refractivity contribution in [2.75, 3.05) is 20.2 Å².